The molecule has 2 N–H and O–H groups in total. The van der Waals surface area contributed by atoms with Crippen LogP contribution in [0.5, 0.6) is 0 Å². The molecule has 0 aromatic heterocycles. The minimum Gasteiger partial charge on any atom is -0.368 e. The molecular formula is C16H33N3O2. The van der Waals surface area contributed by atoms with Crippen molar-refractivity contribution < 1.29 is 9.53 Å². The van der Waals surface area contributed by atoms with Gasteiger partial charge in [-0.3, -0.25) is 4.79 Å². The predicted octanol–water partition coefficient (Wildman–Crippen LogP) is 1.38. The van der Waals surface area contributed by atoms with Crippen molar-refractivity contribution in [3.05, 3.63) is 0 Å². The van der Waals surface area contributed by atoms with Gasteiger partial charge < -0.3 is 20.3 Å². The lowest BCUT2D eigenvalue weighted by atomic mass is 9.91. The van der Waals surface area contributed by atoms with E-state index in [2.05, 4.69) is 29.4 Å². The van der Waals surface area contributed by atoms with Gasteiger partial charge in [0, 0.05) is 13.7 Å². The number of methoxy groups -OCH3 is 1. The van der Waals surface area contributed by atoms with Gasteiger partial charge >= 0.3 is 0 Å². The van der Waals surface area contributed by atoms with Crippen molar-refractivity contribution in [2.75, 3.05) is 46.4 Å². The Balaban J connectivity index is 2.28. The molecule has 0 aromatic rings. The van der Waals surface area contributed by atoms with Crippen molar-refractivity contribution in [3.63, 3.8) is 0 Å². The van der Waals surface area contributed by atoms with Crippen LogP contribution in [-0.2, 0) is 9.53 Å². The van der Waals surface area contributed by atoms with Gasteiger partial charge in [-0.05, 0) is 64.8 Å². The third-order valence-corrected chi connectivity index (χ3v) is 4.23. The highest BCUT2D eigenvalue weighted by Crippen LogP contribution is 2.22. The fraction of sp³-hybridized carbons (Fsp3) is 0.938. The zero-order valence-electron chi connectivity index (χ0n) is 14.0. The van der Waals surface area contributed by atoms with Gasteiger partial charge in [-0.15, -0.1) is 0 Å². The number of carbonyl (C=O) groups excluding carboxylic acids is 1. The monoisotopic (exact) mass is 299 g/mol. The number of nitrogens with zero attached hydrogens (tertiary/aromatic N) is 1. The van der Waals surface area contributed by atoms with E-state index in [9.17, 15) is 4.79 Å². The molecule has 0 radical (unpaired) electrons. The summed E-state index contributed by atoms with van der Waals surface area (Å²) < 4.78 is 5.53. The largest absolute Gasteiger partial charge is 0.368 e. The summed E-state index contributed by atoms with van der Waals surface area (Å²) >= 11 is 0. The Morgan fingerprint density at radius 2 is 1.81 bits per heavy atom. The molecule has 5 nitrogen and oxygen atoms in total. The second kappa shape index (κ2) is 10.1. The van der Waals surface area contributed by atoms with Crippen molar-refractivity contribution in [1.82, 2.24) is 15.5 Å². The summed E-state index contributed by atoms with van der Waals surface area (Å²) in [4.78, 5) is 14.8. The zero-order chi connectivity index (χ0) is 15.6. The van der Waals surface area contributed by atoms with Crippen molar-refractivity contribution >= 4 is 5.91 Å². The molecule has 21 heavy (non-hydrogen) atoms. The van der Waals surface area contributed by atoms with Crippen LogP contribution in [-0.4, -0.2) is 62.8 Å². The third kappa shape index (κ3) is 5.93. The standard InChI is InChI=1S/C16H33N3O2/c1-4-12-19(13-5-2)14-6-9-18-15(20)16(21-3)7-10-17-11-8-16/h17H,4-14H2,1-3H3,(H,18,20). The van der Waals surface area contributed by atoms with Gasteiger partial charge in [0.1, 0.15) is 5.60 Å². The molecular weight excluding hydrogens is 266 g/mol. The fourth-order valence-corrected chi connectivity index (χ4v) is 2.99. The first-order chi connectivity index (χ1) is 10.2. The van der Waals surface area contributed by atoms with E-state index >= 15 is 0 Å². The summed E-state index contributed by atoms with van der Waals surface area (Å²) in [7, 11) is 1.65. The molecule has 1 aliphatic heterocycles. The number of carbonyl (C=O) groups is 1. The number of nitrogens with one attached hydrogen (secondary N) is 2. The van der Waals surface area contributed by atoms with Gasteiger partial charge in [-0.1, -0.05) is 13.8 Å². The molecule has 1 rings (SSSR count). The first-order valence-corrected chi connectivity index (χ1v) is 8.45. The minimum atomic E-state index is -0.613. The molecule has 124 valence electrons. The molecule has 0 bridgehead atoms. The summed E-state index contributed by atoms with van der Waals surface area (Å²) in [5, 5.41) is 6.34. The lowest BCUT2D eigenvalue weighted by molar-refractivity contribution is -0.146. The van der Waals surface area contributed by atoms with Gasteiger partial charge in [0.2, 0.25) is 0 Å². The average Bonchev–Trinajstić information content (AvgIpc) is 2.52. The number of amides is 1. The lowest BCUT2D eigenvalue weighted by Crippen LogP contribution is -2.54. The normalized spacial score (nSPS) is 17.9. The smallest absolute Gasteiger partial charge is 0.252 e. The summed E-state index contributed by atoms with van der Waals surface area (Å²) in [5.74, 6) is 0.0593. The molecule has 1 amide bonds. The number of hydrogen-bond acceptors (Lipinski definition) is 4. The number of hydrogen-bond donors (Lipinski definition) is 2. The molecule has 1 fully saturated rings. The maximum absolute atomic E-state index is 12.4. The fourth-order valence-electron chi connectivity index (χ4n) is 2.99. The number of piperidine rings is 1. The Labute approximate surface area is 129 Å². The van der Waals surface area contributed by atoms with Gasteiger partial charge in [0.05, 0.1) is 0 Å². The lowest BCUT2D eigenvalue weighted by Gasteiger charge is -2.34. The molecule has 0 aliphatic carbocycles. The minimum absolute atomic E-state index is 0.0593. The second-order valence-electron chi connectivity index (χ2n) is 5.90. The SMILES string of the molecule is CCCN(CCC)CCCNC(=O)C1(OC)CCNCC1. The van der Waals surface area contributed by atoms with Crippen LogP contribution in [0.15, 0.2) is 0 Å². The average molecular weight is 299 g/mol. The van der Waals surface area contributed by atoms with Crippen LogP contribution < -0.4 is 10.6 Å². The highest BCUT2D eigenvalue weighted by molar-refractivity contribution is 5.85. The van der Waals surface area contributed by atoms with Crippen LogP contribution >= 0.6 is 0 Å². The van der Waals surface area contributed by atoms with Crippen LogP contribution in [0, 0.1) is 0 Å². The summed E-state index contributed by atoms with van der Waals surface area (Å²) in [5.41, 5.74) is -0.613. The van der Waals surface area contributed by atoms with E-state index in [-0.39, 0.29) is 5.91 Å². The van der Waals surface area contributed by atoms with E-state index in [0.717, 1.165) is 58.5 Å². The Morgan fingerprint density at radius 3 is 2.33 bits per heavy atom. The molecule has 1 heterocycles. The highest BCUT2D eigenvalue weighted by atomic mass is 16.5. The van der Waals surface area contributed by atoms with E-state index in [1.54, 1.807) is 7.11 Å². The Bertz CT molecular complexity index is 285. The molecule has 0 unspecified atom stereocenters. The Hall–Kier alpha value is -0.650. The number of ether oxygens (including phenoxy) is 1. The first-order valence-electron chi connectivity index (χ1n) is 8.45. The van der Waals surface area contributed by atoms with Gasteiger partial charge in [-0.2, -0.15) is 0 Å². The van der Waals surface area contributed by atoms with E-state index in [0.29, 0.717) is 0 Å². The summed E-state index contributed by atoms with van der Waals surface area (Å²) in [6.45, 7) is 10.2. The molecule has 0 atom stereocenters. The van der Waals surface area contributed by atoms with Gasteiger partial charge in [-0.25, -0.2) is 0 Å². The maximum atomic E-state index is 12.4. The van der Waals surface area contributed by atoms with Crippen LogP contribution in [0.3, 0.4) is 0 Å². The van der Waals surface area contributed by atoms with Crippen molar-refractivity contribution in [1.29, 1.82) is 0 Å². The number of rotatable bonds is 10. The van der Waals surface area contributed by atoms with Crippen LogP contribution in [0.25, 0.3) is 0 Å². The van der Waals surface area contributed by atoms with Crippen LogP contribution in [0.1, 0.15) is 46.0 Å². The Morgan fingerprint density at radius 1 is 1.19 bits per heavy atom. The Kier molecular flexibility index (Phi) is 8.88. The second-order valence-corrected chi connectivity index (χ2v) is 5.90. The first kappa shape index (κ1) is 18.4. The molecule has 5 heteroatoms. The maximum Gasteiger partial charge on any atom is 0.252 e. The predicted molar refractivity (Wildman–Crippen MR) is 86.5 cm³/mol. The van der Waals surface area contributed by atoms with Crippen molar-refractivity contribution in [3.8, 4) is 0 Å². The van der Waals surface area contributed by atoms with E-state index in [1.807, 2.05) is 0 Å². The van der Waals surface area contributed by atoms with E-state index in [1.165, 1.54) is 12.8 Å². The molecule has 1 aliphatic rings. The topological polar surface area (TPSA) is 53.6 Å². The van der Waals surface area contributed by atoms with Crippen molar-refractivity contribution in [2.45, 2.75) is 51.6 Å². The molecule has 0 aromatic carbocycles. The molecule has 1 saturated heterocycles. The van der Waals surface area contributed by atoms with E-state index < -0.39 is 5.60 Å². The van der Waals surface area contributed by atoms with Gasteiger partial charge in [0.25, 0.3) is 5.91 Å². The summed E-state index contributed by atoms with van der Waals surface area (Å²) in [6, 6.07) is 0. The van der Waals surface area contributed by atoms with Crippen molar-refractivity contribution in [2.24, 2.45) is 0 Å². The third-order valence-electron chi connectivity index (χ3n) is 4.23. The van der Waals surface area contributed by atoms with E-state index in [4.69, 9.17) is 4.74 Å². The van der Waals surface area contributed by atoms with Gasteiger partial charge in [0.15, 0.2) is 0 Å². The molecule has 0 spiro atoms. The van der Waals surface area contributed by atoms with Crippen LogP contribution in [0.2, 0.25) is 0 Å². The highest BCUT2D eigenvalue weighted by Gasteiger charge is 2.39. The van der Waals surface area contributed by atoms with Crippen LogP contribution in [0.4, 0.5) is 0 Å². The zero-order valence-corrected chi connectivity index (χ0v) is 14.0. The summed E-state index contributed by atoms with van der Waals surface area (Å²) in [6.07, 6.45) is 4.89. The quantitative estimate of drug-likeness (QED) is 0.599. The molecule has 0 saturated carbocycles.